The molecule has 5 aliphatic rings. The van der Waals surface area contributed by atoms with Crippen molar-refractivity contribution >= 4 is 40.6 Å². The van der Waals surface area contributed by atoms with Crippen LogP contribution in [0.3, 0.4) is 0 Å². The number of likely N-dealkylation sites (tertiary alicyclic amines) is 1. The molecule has 7 unspecified atom stereocenters. The summed E-state index contributed by atoms with van der Waals surface area (Å²) in [5.41, 5.74) is 3.79. The smallest absolute Gasteiger partial charge is 0.235 e. The van der Waals surface area contributed by atoms with Crippen molar-refractivity contribution in [2.75, 3.05) is 27.2 Å². The molecule has 7 atom stereocenters. The third-order valence-electron chi connectivity index (χ3n) is 9.93. The highest BCUT2D eigenvalue weighted by molar-refractivity contribution is 6.35. The standard InChI is InChI=1S/C29H34ClN3O7/c1-32(2)23-16-9-13-8-15-20(18(34)10-14(22(15)30)17-4-3-7-33(17)11-12-5-6-12)24(35)19(13)26(37)29(16,40)27(38)21(25(23)36)28(31)39/h10,12-13,16-17,19,21,23,34,40H,3-9,11H2,1-2H3,(H2,31,39). The van der Waals surface area contributed by atoms with Crippen molar-refractivity contribution in [2.45, 2.75) is 56.2 Å². The lowest BCUT2D eigenvalue weighted by molar-refractivity contribution is -0.181. The zero-order valence-corrected chi connectivity index (χ0v) is 23.3. The molecule has 0 spiro atoms. The molecule has 1 aliphatic heterocycles. The number of ketones is 4. The van der Waals surface area contributed by atoms with Gasteiger partial charge in [0, 0.05) is 23.5 Å². The zero-order valence-electron chi connectivity index (χ0n) is 22.6. The first-order chi connectivity index (χ1) is 18.9. The number of nitrogens with zero attached hydrogens (tertiary/aromatic N) is 2. The van der Waals surface area contributed by atoms with E-state index in [1.807, 2.05) is 0 Å². The highest BCUT2D eigenvalue weighted by Crippen LogP contribution is 2.53. The van der Waals surface area contributed by atoms with Crippen molar-refractivity contribution in [2.24, 2.45) is 35.3 Å². The van der Waals surface area contributed by atoms with Gasteiger partial charge < -0.3 is 15.9 Å². The molecule has 6 rings (SSSR count). The van der Waals surface area contributed by atoms with Gasteiger partial charge in [0.2, 0.25) is 5.91 Å². The van der Waals surface area contributed by atoms with Crippen LogP contribution in [-0.2, 0) is 25.6 Å². The number of benzene rings is 1. The molecule has 1 amide bonds. The Morgan fingerprint density at radius 3 is 2.50 bits per heavy atom. The van der Waals surface area contributed by atoms with Gasteiger partial charge in [0.1, 0.15) is 5.75 Å². The number of rotatable bonds is 5. The van der Waals surface area contributed by atoms with Gasteiger partial charge in [0.15, 0.2) is 34.7 Å². The lowest BCUT2D eigenvalue weighted by atomic mass is 9.52. The summed E-state index contributed by atoms with van der Waals surface area (Å²) < 4.78 is 0. The molecule has 1 saturated heterocycles. The summed E-state index contributed by atoms with van der Waals surface area (Å²) in [6.07, 6.45) is 4.48. The fraction of sp³-hybridized carbons (Fsp3) is 0.621. The van der Waals surface area contributed by atoms with Gasteiger partial charge in [-0.15, -0.1) is 0 Å². The van der Waals surface area contributed by atoms with Crippen LogP contribution in [0.25, 0.3) is 0 Å². The van der Waals surface area contributed by atoms with E-state index in [2.05, 4.69) is 4.90 Å². The molecule has 214 valence electrons. The maximum Gasteiger partial charge on any atom is 0.235 e. The van der Waals surface area contributed by atoms with Gasteiger partial charge in [-0.2, -0.15) is 0 Å². The molecule has 1 aromatic carbocycles. The van der Waals surface area contributed by atoms with Gasteiger partial charge in [-0.25, -0.2) is 0 Å². The van der Waals surface area contributed by atoms with Crippen molar-refractivity contribution in [3.05, 3.63) is 27.8 Å². The van der Waals surface area contributed by atoms with E-state index >= 15 is 0 Å². The Kier molecular flexibility index (Phi) is 6.49. The topological polar surface area (TPSA) is 158 Å². The van der Waals surface area contributed by atoms with Gasteiger partial charge in [0.05, 0.1) is 17.5 Å². The van der Waals surface area contributed by atoms with Crippen LogP contribution in [0.5, 0.6) is 5.75 Å². The van der Waals surface area contributed by atoms with Crippen LogP contribution >= 0.6 is 11.6 Å². The van der Waals surface area contributed by atoms with E-state index in [-0.39, 0.29) is 30.2 Å². The largest absolute Gasteiger partial charge is 0.507 e. The molecule has 0 radical (unpaired) electrons. The Morgan fingerprint density at radius 2 is 1.88 bits per heavy atom. The highest BCUT2D eigenvalue weighted by Gasteiger charge is 2.69. The number of fused-ring (bicyclic) bond motifs is 3. The third-order valence-corrected chi connectivity index (χ3v) is 10.4. The van der Waals surface area contributed by atoms with Crippen LogP contribution in [0.4, 0.5) is 0 Å². The molecule has 0 bridgehead atoms. The first kappa shape index (κ1) is 27.5. The van der Waals surface area contributed by atoms with E-state index in [9.17, 15) is 34.2 Å². The summed E-state index contributed by atoms with van der Waals surface area (Å²) in [5, 5.41) is 23.2. The van der Waals surface area contributed by atoms with Crippen molar-refractivity contribution < 1.29 is 34.2 Å². The number of phenolic OH excluding ortho intramolecular Hbond substituents is 1. The van der Waals surface area contributed by atoms with Crippen LogP contribution in [0, 0.1) is 29.6 Å². The van der Waals surface area contributed by atoms with Crippen LogP contribution in [0.2, 0.25) is 5.02 Å². The van der Waals surface area contributed by atoms with Crippen molar-refractivity contribution in [1.82, 2.24) is 9.80 Å². The summed E-state index contributed by atoms with van der Waals surface area (Å²) in [4.78, 5) is 70.3. The minimum atomic E-state index is -2.73. The fourth-order valence-electron chi connectivity index (χ4n) is 7.94. The van der Waals surface area contributed by atoms with Crippen LogP contribution < -0.4 is 5.73 Å². The van der Waals surface area contributed by atoms with Gasteiger partial charge in [0.25, 0.3) is 0 Å². The minimum Gasteiger partial charge on any atom is -0.507 e. The van der Waals surface area contributed by atoms with Crippen molar-refractivity contribution in [3.8, 4) is 5.75 Å². The van der Waals surface area contributed by atoms with Gasteiger partial charge >= 0.3 is 0 Å². The number of carbonyl (C=O) groups excluding carboxylic acids is 5. The Balaban J connectivity index is 1.41. The minimum absolute atomic E-state index is 0.00243. The Labute approximate surface area is 236 Å². The summed E-state index contributed by atoms with van der Waals surface area (Å²) in [5.74, 6) is -9.87. The number of primary amides is 1. The van der Waals surface area contributed by atoms with E-state index in [4.69, 9.17) is 17.3 Å². The van der Waals surface area contributed by atoms with Gasteiger partial charge in [-0.05, 0) is 88.2 Å². The van der Waals surface area contributed by atoms with E-state index < -0.39 is 64.4 Å². The second-order valence-corrected chi connectivity index (χ2v) is 12.9. The number of amides is 1. The molecule has 3 saturated carbocycles. The first-order valence-electron chi connectivity index (χ1n) is 14.0. The number of hydrogen-bond donors (Lipinski definition) is 3. The Hall–Kier alpha value is -2.66. The Bertz CT molecular complexity index is 1360. The molecular weight excluding hydrogens is 538 g/mol. The second-order valence-electron chi connectivity index (χ2n) is 12.5. The second kappa shape index (κ2) is 9.44. The average Bonchev–Trinajstić information content (AvgIpc) is 3.58. The van der Waals surface area contributed by atoms with Crippen molar-refractivity contribution in [3.63, 3.8) is 0 Å². The lowest BCUT2D eigenvalue weighted by Gasteiger charge is -2.52. The molecule has 1 aromatic rings. The number of likely N-dealkylation sites (N-methyl/N-ethyl adjacent to an activating group) is 1. The number of aliphatic hydroxyl groups is 1. The van der Waals surface area contributed by atoms with Gasteiger partial charge in [-0.3, -0.25) is 33.8 Å². The number of carbonyl (C=O) groups is 5. The highest BCUT2D eigenvalue weighted by atomic mass is 35.5. The number of nitrogens with two attached hydrogens (primary N) is 1. The van der Waals surface area contributed by atoms with Crippen molar-refractivity contribution in [1.29, 1.82) is 0 Å². The molecule has 4 fully saturated rings. The predicted octanol–water partition coefficient (Wildman–Crippen LogP) is 1.07. The number of hydrogen-bond acceptors (Lipinski definition) is 9. The fourth-order valence-corrected chi connectivity index (χ4v) is 8.29. The maximum atomic E-state index is 13.9. The zero-order chi connectivity index (χ0) is 28.8. The summed E-state index contributed by atoms with van der Waals surface area (Å²) in [6, 6.07) is 0.411. The molecule has 4 aliphatic carbocycles. The van der Waals surface area contributed by atoms with Crippen LogP contribution in [-0.4, -0.2) is 87.9 Å². The summed E-state index contributed by atoms with van der Waals surface area (Å²) in [6.45, 7) is 1.91. The van der Waals surface area contributed by atoms with E-state index in [1.165, 1.54) is 23.8 Å². The third kappa shape index (κ3) is 3.83. The van der Waals surface area contributed by atoms with E-state index in [0.717, 1.165) is 31.5 Å². The molecule has 10 nitrogen and oxygen atoms in total. The van der Waals surface area contributed by atoms with E-state index in [1.54, 1.807) is 14.1 Å². The molecule has 11 heteroatoms. The predicted molar refractivity (Wildman–Crippen MR) is 143 cm³/mol. The maximum absolute atomic E-state index is 13.9. The number of aromatic hydroxyl groups is 1. The number of halogens is 1. The Morgan fingerprint density at radius 1 is 1.18 bits per heavy atom. The summed E-state index contributed by atoms with van der Waals surface area (Å²) in [7, 11) is 3.12. The molecule has 0 aromatic heterocycles. The summed E-state index contributed by atoms with van der Waals surface area (Å²) >= 11 is 6.98. The van der Waals surface area contributed by atoms with Gasteiger partial charge in [-0.1, -0.05) is 11.6 Å². The first-order valence-corrected chi connectivity index (χ1v) is 14.4. The quantitative estimate of drug-likeness (QED) is 0.439. The average molecular weight is 572 g/mol. The van der Waals surface area contributed by atoms with Crippen LogP contribution in [0.1, 0.15) is 59.6 Å². The number of Topliss-reactive ketones (excluding diaryl/α,β-unsaturated/α-hetero) is 4. The molecular formula is C29H34ClN3O7. The monoisotopic (exact) mass is 571 g/mol. The number of phenols is 1. The van der Waals surface area contributed by atoms with Crippen LogP contribution in [0.15, 0.2) is 6.07 Å². The normalized spacial score (nSPS) is 36.0. The molecule has 4 N–H and O–H groups in total. The molecule has 1 heterocycles. The van der Waals surface area contributed by atoms with E-state index in [0.29, 0.717) is 16.5 Å². The SMILES string of the molecule is CN(C)C1C(=O)C(C(N)=O)C(=O)C2(O)C(=O)C3C(=O)c4c(O)cc(C5CCCN5CC5CC5)c(Cl)c4CC3CC12. The lowest BCUT2D eigenvalue weighted by Crippen LogP contribution is -2.74. The molecule has 40 heavy (non-hydrogen) atoms.